The van der Waals surface area contributed by atoms with E-state index in [1.54, 1.807) is 18.4 Å². The van der Waals surface area contributed by atoms with Crippen molar-refractivity contribution in [3.05, 3.63) is 24.3 Å². The van der Waals surface area contributed by atoms with Gasteiger partial charge >= 0.3 is 0 Å². The van der Waals surface area contributed by atoms with E-state index in [9.17, 15) is 4.79 Å². The van der Waals surface area contributed by atoms with Crippen LogP contribution in [0.15, 0.2) is 27.3 Å². The zero-order chi connectivity index (χ0) is 14.2. The number of nitrogens with zero attached hydrogens (tertiary/aromatic N) is 2. The molecule has 0 aliphatic rings. The lowest BCUT2D eigenvalue weighted by molar-refractivity contribution is -0.121. The highest BCUT2D eigenvalue weighted by molar-refractivity contribution is 5.76. The van der Waals surface area contributed by atoms with E-state index >= 15 is 0 Å². The molecule has 0 bridgehead atoms. The van der Waals surface area contributed by atoms with E-state index in [0.29, 0.717) is 36.9 Å². The first-order chi connectivity index (χ1) is 9.79. The number of rotatable bonds is 8. The Labute approximate surface area is 116 Å². The van der Waals surface area contributed by atoms with Crippen LogP contribution in [-0.4, -0.2) is 35.7 Å². The largest absolute Gasteiger partial charge is 0.461 e. The van der Waals surface area contributed by atoms with Crippen LogP contribution in [0.4, 0.5) is 0 Å². The summed E-state index contributed by atoms with van der Waals surface area (Å²) < 4.78 is 10.2. The lowest BCUT2D eigenvalue weighted by atomic mass is 10.3. The summed E-state index contributed by atoms with van der Waals surface area (Å²) in [6, 6.07) is 3.51. The molecule has 0 fully saturated rings. The molecule has 1 amide bonds. The summed E-state index contributed by atoms with van der Waals surface area (Å²) in [6.07, 6.45) is 2.29. The van der Waals surface area contributed by atoms with Gasteiger partial charge in [0.1, 0.15) is 0 Å². The highest BCUT2D eigenvalue weighted by atomic mass is 16.5. The molecule has 0 aliphatic heterocycles. The van der Waals surface area contributed by atoms with Crippen molar-refractivity contribution in [1.29, 1.82) is 0 Å². The Morgan fingerprint density at radius 3 is 3.05 bits per heavy atom. The lowest BCUT2D eigenvalue weighted by Gasteiger charge is -2.03. The van der Waals surface area contributed by atoms with Crippen LogP contribution in [-0.2, 0) is 11.2 Å². The van der Waals surface area contributed by atoms with Crippen LogP contribution in [0.1, 0.15) is 19.2 Å². The molecule has 2 rings (SSSR count). The van der Waals surface area contributed by atoms with Gasteiger partial charge in [-0.05, 0) is 18.7 Å². The normalized spacial score (nSPS) is 10.7. The van der Waals surface area contributed by atoms with Crippen LogP contribution >= 0.6 is 0 Å². The van der Waals surface area contributed by atoms with E-state index in [1.165, 1.54) is 0 Å². The maximum absolute atomic E-state index is 11.6. The number of likely N-dealkylation sites (N-methyl/N-ethyl adjacent to an activating group) is 1. The highest BCUT2D eigenvalue weighted by Crippen LogP contribution is 2.16. The Hall–Kier alpha value is -2.15. The first-order valence-corrected chi connectivity index (χ1v) is 6.63. The van der Waals surface area contributed by atoms with Crippen LogP contribution in [0.5, 0.6) is 0 Å². The van der Waals surface area contributed by atoms with Gasteiger partial charge in [0.25, 0.3) is 0 Å². The summed E-state index contributed by atoms with van der Waals surface area (Å²) in [5, 5.41) is 9.74. The third-order valence-electron chi connectivity index (χ3n) is 2.65. The standard InChI is InChI=1S/C13H18N4O3/c1-2-14-7-8-15-11(18)5-6-12-16-13(17-20-12)10-4-3-9-19-10/h3-4,9,14H,2,5-8H2,1H3,(H,15,18). The molecule has 0 aromatic carbocycles. The molecule has 0 radical (unpaired) electrons. The molecule has 2 aromatic heterocycles. The Morgan fingerprint density at radius 1 is 1.40 bits per heavy atom. The molecule has 0 spiro atoms. The zero-order valence-corrected chi connectivity index (χ0v) is 11.4. The Kier molecular flexibility index (Phi) is 5.31. The molecule has 0 unspecified atom stereocenters. The first-order valence-electron chi connectivity index (χ1n) is 6.63. The van der Waals surface area contributed by atoms with E-state index in [2.05, 4.69) is 20.8 Å². The average Bonchev–Trinajstić information content (AvgIpc) is 3.11. The van der Waals surface area contributed by atoms with Crippen LogP contribution in [0.25, 0.3) is 11.6 Å². The predicted molar refractivity (Wildman–Crippen MR) is 71.9 cm³/mol. The van der Waals surface area contributed by atoms with Gasteiger partial charge in [0, 0.05) is 25.9 Å². The van der Waals surface area contributed by atoms with Crippen molar-refractivity contribution in [2.24, 2.45) is 0 Å². The second-order valence-corrected chi connectivity index (χ2v) is 4.19. The van der Waals surface area contributed by atoms with Gasteiger partial charge in [-0.25, -0.2) is 0 Å². The second kappa shape index (κ2) is 7.44. The van der Waals surface area contributed by atoms with Gasteiger partial charge in [0.05, 0.1) is 6.26 Å². The van der Waals surface area contributed by atoms with Crippen LogP contribution in [0, 0.1) is 0 Å². The first kappa shape index (κ1) is 14.3. The van der Waals surface area contributed by atoms with Crippen molar-refractivity contribution in [3.8, 4) is 11.6 Å². The monoisotopic (exact) mass is 278 g/mol. The van der Waals surface area contributed by atoms with E-state index in [0.717, 1.165) is 13.1 Å². The molecule has 0 atom stereocenters. The third-order valence-corrected chi connectivity index (χ3v) is 2.65. The minimum Gasteiger partial charge on any atom is -0.461 e. The van der Waals surface area contributed by atoms with Gasteiger partial charge in [0.15, 0.2) is 5.76 Å². The molecule has 0 aliphatic carbocycles. The zero-order valence-electron chi connectivity index (χ0n) is 11.4. The number of furan rings is 1. The van der Waals surface area contributed by atoms with Crippen molar-refractivity contribution in [2.75, 3.05) is 19.6 Å². The molecule has 2 N–H and O–H groups in total. The maximum Gasteiger partial charge on any atom is 0.238 e. The molecule has 108 valence electrons. The molecule has 7 nitrogen and oxygen atoms in total. The number of nitrogens with one attached hydrogen (secondary N) is 2. The fourth-order valence-electron chi connectivity index (χ4n) is 1.64. The third kappa shape index (κ3) is 4.20. The molecular weight excluding hydrogens is 260 g/mol. The van der Waals surface area contributed by atoms with Gasteiger partial charge in [-0.15, -0.1) is 0 Å². The van der Waals surface area contributed by atoms with Crippen molar-refractivity contribution in [3.63, 3.8) is 0 Å². The van der Waals surface area contributed by atoms with Crippen LogP contribution < -0.4 is 10.6 Å². The fraction of sp³-hybridized carbons (Fsp3) is 0.462. The molecule has 0 saturated heterocycles. The molecular formula is C13H18N4O3. The maximum atomic E-state index is 11.6. The van der Waals surface area contributed by atoms with E-state index in [4.69, 9.17) is 8.94 Å². The summed E-state index contributed by atoms with van der Waals surface area (Å²) in [5.74, 6) is 1.35. The minimum atomic E-state index is -0.0272. The topological polar surface area (TPSA) is 93.2 Å². The SMILES string of the molecule is CCNCCNC(=O)CCc1nc(-c2ccco2)no1. The van der Waals surface area contributed by atoms with E-state index in [-0.39, 0.29) is 5.91 Å². The predicted octanol–water partition coefficient (Wildman–Crippen LogP) is 0.988. The number of hydrogen-bond acceptors (Lipinski definition) is 6. The van der Waals surface area contributed by atoms with Crippen LogP contribution in [0.2, 0.25) is 0 Å². The van der Waals surface area contributed by atoms with Gasteiger partial charge in [-0.3, -0.25) is 4.79 Å². The number of hydrogen-bond donors (Lipinski definition) is 2. The van der Waals surface area contributed by atoms with E-state index < -0.39 is 0 Å². The summed E-state index contributed by atoms with van der Waals surface area (Å²) in [7, 11) is 0. The fourth-order valence-corrected chi connectivity index (χ4v) is 1.64. The van der Waals surface area contributed by atoms with Crippen molar-refractivity contribution in [2.45, 2.75) is 19.8 Å². The molecule has 2 aromatic rings. The Bertz CT molecular complexity index is 521. The van der Waals surface area contributed by atoms with Gasteiger partial charge in [-0.2, -0.15) is 4.98 Å². The molecule has 7 heteroatoms. The second-order valence-electron chi connectivity index (χ2n) is 4.19. The van der Waals surface area contributed by atoms with E-state index in [1.807, 2.05) is 6.92 Å². The Morgan fingerprint density at radius 2 is 2.30 bits per heavy atom. The molecule has 20 heavy (non-hydrogen) atoms. The number of carbonyl (C=O) groups excluding carboxylic acids is 1. The summed E-state index contributed by atoms with van der Waals surface area (Å²) >= 11 is 0. The summed E-state index contributed by atoms with van der Waals surface area (Å²) in [4.78, 5) is 15.7. The van der Waals surface area contributed by atoms with Crippen molar-refractivity contribution in [1.82, 2.24) is 20.8 Å². The average molecular weight is 278 g/mol. The van der Waals surface area contributed by atoms with Gasteiger partial charge < -0.3 is 19.6 Å². The number of amides is 1. The molecule has 2 heterocycles. The molecule has 0 saturated carbocycles. The van der Waals surface area contributed by atoms with Crippen molar-refractivity contribution >= 4 is 5.91 Å². The summed E-state index contributed by atoms with van der Waals surface area (Å²) in [6.45, 7) is 4.31. The quantitative estimate of drug-likeness (QED) is 0.699. The Balaban J connectivity index is 1.73. The van der Waals surface area contributed by atoms with Gasteiger partial charge in [0.2, 0.25) is 17.6 Å². The smallest absolute Gasteiger partial charge is 0.238 e. The highest BCUT2D eigenvalue weighted by Gasteiger charge is 2.11. The van der Waals surface area contributed by atoms with Crippen molar-refractivity contribution < 1.29 is 13.7 Å². The lowest BCUT2D eigenvalue weighted by Crippen LogP contribution is -2.31. The van der Waals surface area contributed by atoms with Crippen LogP contribution in [0.3, 0.4) is 0 Å². The van der Waals surface area contributed by atoms with Gasteiger partial charge in [-0.1, -0.05) is 12.1 Å². The summed E-state index contributed by atoms with van der Waals surface area (Å²) in [5.41, 5.74) is 0. The number of carbonyl (C=O) groups is 1. The minimum absolute atomic E-state index is 0.0272. The number of aryl methyl sites for hydroxylation is 1. The number of aromatic nitrogens is 2.